The monoisotopic (exact) mass is 524 g/mol. The van der Waals surface area contributed by atoms with Gasteiger partial charge in [-0.15, -0.1) is 0 Å². The maximum Gasteiger partial charge on any atom is 0.485 e. The van der Waals surface area contributed by atoms with E-state index in [0.29, 0.717) is 0 Å². The normalized spacial score (nSPS) is 11.7. The Labute approximate surface area is 209 Å². The molecule has 3 aromatic carbocycles. The number of benzene rings is 3. The zero-order valence-corrected chi connectivity index (χ0v) is 21.3. The molecule has 0 unspecified atom stereocenters. The molecule has 35 heavy (non-hydrogen) atoms. The summed E-state index contributed by atoms with van der Waals surface area (Å²) in [5.41, 5.74) is -4.17. The fourth-order valence-electron chi connectivity index (χ4n) is 3.42. The van der Waals surface area contributed by atoms with Crippen molar-refractivity contribution in [1.82, 2.24) is 0 Å². The number of alkyl halides is 3. The lowest BCUT2D eigenvalue weighted by atomic mass is 10.1. The molecule has 0 aliphatic rings. The molecule has 0 amide bonds. The Bertz CT molecular complexity index is 1050. The van der Waals surface area contributed by atoms with Crippen LogP contribution in [-0.2, 0) is 27.4 Å². The lowest BCUT2D eigenvalue weighted by Gasteiger charge is -2.09. The fraction of sp³-hybridized carbons (Fsp3) is 0.333. The molecule has 0 saturated carbocycles. The molecule has 0 aliphatic carbocycles. The minimum Gasteiger partial charge on any atom is -0.741 e. The SMILES string of the molecule is CCCCCCCCc1ccc([S+](c2ccccc2)c2ccccc2)cc1.O=S(=O)([O-])C(F)(F)F. The van der Waals surface area contributed by atoms with Gasteiger partial charge in [-0.1, -0.05) is 87.6 Å². The molecule has 3 rings (SSSR count). The van der Waals surface area contributed by atoms with Crippen molar-refractivity contribution < 1.29 is 26.1 Å². The van der Waals surface area contributed by atoms with Crippen LogP contribution in [0.3, 0.4) is 0 Å². The zero-order chi connectivity index (χ0) is 25.7. The van der Waals surface area contributed by atoms with Crippen LogP contribution in [0.15, 0.2) is 99.6 Å². The highest BCUT2D eigenvalue weighted by atomic mass is 32.2. The van der Waals surface area contributed by atoms with Crippen molar-refractivity contribution in [1.29, 1.82) is 0 Å². The lowest BCUT2D eigenvalue weighted by Crippen LogP contribution is -2.21. The molecule has 0 aromatic heterocycles. The first-order valence-electron chi connectivity index (χ1n) is 11.6. The molecule has 3 nitrogen and oxygen atoms in total. The van der Waals surface area contributed by atoms with Crippen LogP contribution in [0.2, 0.25) is 0 Å². The van der Waals surface area contributed by atoms with E-state index in [4.69, 9.17) is 13.0 Å². The topological polar surface area (TPSA) is 57.2 Å². The van der Waals surface area contributed by atoms with Crippen molar-refractivity contribution in [2.45, 2.75) is 72.1 Å². The summed E-state index contributed by atoms with van der Waals surface area (Å²) in [7, 11) is -6.12. The molecule has 0 fully saturated rings. The summed E-state index contributed by atoms with van der Waals surface area (Å²) in [6.45, 7) is 2.28. The van der Waals surface area contributed by atoms with Gasteiger partial charge in [-0.2, -0.15) is 13.2 Å². The van der Waals surface area contributed by atoms with Crippen LogP contribution in [0.25, 0.3) is 0 Å². The van der Waals surface area contributed by atoms with Crippen molar-refractivity contribution in [3.63, 3.8) is 0 Å². The van der Waals surface area contributed by atoms with Crippen LogP contribution in [-0.4, -0.2) is 18.5 Å². The summed E-state index contributed by atoms with van der Waals surface area (Å²) < 4.78 is 58.9. The van der Waals surface area contributed by atoms with Crippen LogP contribution in [0, 0.1) is 0 Å². The summed E-state index contributed by atoms with van der Waals surface area (Å²) in [5.74, 6) is 0. The van der Waals surface area contributed by atoms with Gasteiger partial charge in [0, 0.05) is 0 Å². The Morgan fingerprint density at radius 1 is 0.686 bits per heavy atom. The van der Waals surface area contributed by atoms with Crippen LogP contribution < -0.4 is 0 Å². The predicted molar refractivity (Wildman–Crippen MR) is 134 cm³/mol. The standard InChI is InChI=1S/C26H31S.CHF3O3S/c1-2-3-4-5-6-9-14-23-19-21-26(22-20-23)27(24-15-10-7-11-16-24)25-17-12-8-13-18-25;2-1(3,4)8(5,6)7/h7-8,10-13,15-22H,2-6,9,14H2,1H3;(H,5,6,7)/q+1;/p-1. The molecule has 0 atom stereocenters. The highest BCUT2D eigenvalue weighted by Crippen LogP contribution is 2.31. The third kappa shape index (κ3) is 10.1. The summed E-state index contributed by atoms with van der Waals surface area (Å²) >= 11 is 0. The van der Waals surface area contributed by atoms with Gasteiger partial charge in [-0.25, -0.2) is 8.42 Å². The van der Waals surface area contributed by atoms with Gasteiger partial charge in [0.1, 0.15) is 0 Å². The van der Waals surface area contributed by atoms with Crippen molar-refractivity contribution in [2.24, 2.45) is 0 Å². The van der Waals surface area contributed by atoms with Crippen molar-refractivity contribution in [3.8, 4) is 0 Å². The molecule has 0 saturated heterocycles. The Hall–Kier alpha value is -2.29. The van der Waals surface area contributed by atoms with E-state index in [1.54, 1.807) is 0 Å². The van der Waals surface area contributed by atoms with Gasteiger partial charge < -0.3 is 4.55 Å². The van der Waals surface area contributed by atoms with E-state index in [2.05, 4.69) is 91.9 Å². The second-order valence-electron chi connectivity index (χ2n) is 7.99. The first kappa shape index (κ1) is 28.9. The molecule has 0 heterocycles. The lowest BCUT2D eigenvalue weighted by molar-refractivity contribution is -0.0517. The second kappa shape index (κ2) is 14.3. The molecule has 8 heteroatoms. The average molecular weight is 525 g/mol. The summed E-state index contributed by atoms with van der Waals surface area (Å²) in [6, 6.07) is 31.1. The molecule has 190 valence electrons. The van der Waals surface area contributed by atoms with Gasteiger partial charge in [-0.05, 0) is 54.8 Å². The second-order valence-corrected chi connectivity index (χ2v) is 11.4. The predicted octanol–water partition coefficient (Wildman–Crippen LogP) is 7.74. The van der Waals surface area contributed by atoms with Gasteiger partial charge in [0.2, 0.25) is 0 Å². The minimum atomic E-state index is -6.09. The Kier molecular flexibility index (Phi) is 11.8. The van der Waals surface area contributed by atoms with Crippen molar-refractivity contribution in [3.05, 3.63) is 90.5 Å². The first-order chi connectivity index (χ1) is 16.6. The number of hydrogen-bond donors (Lipinski definition) is 0. The molecule has 0 N–H and O–H groups in total. The summed E-state index contributed by atoms with van der Waals surface area (Å²) in [6.07, 6.45) is 9.37. The maximum atomic E-state index is 10.7. The fourth-order valence-corrected chi connectivity index (χ4v) is 5.51. The number of unbranched alkanes of at least 4 members (excludes halogenated alkanes) is 5. The van der Waals surface area contributed by atoms with Crippen LogP contribution in [0.5, 0.6) is 0 Å². The van der Waals surface area contributed by atoms with Crippen molar-refractivity contribution in [2.75, 3.05) is 0 Å². The number of rotatable bonds is 10. The van der Waals surface area contributed by atoms with Crippen LogP contribution >= 0.6 is 0 Å². The van der Waals surface area contributed by atoms with Crippen molar-refractivity contribution >= 4 is 21.0 Å². The van der Waals surface area contributed by atoms with Gasteiger partial charge in [0.15, 0.2) is 24.8 Å². The van der Waals surface area contributed by atoms with E-state index >= 15 is 0 Å². The number of aryl methyl sites for hydroxylation is 1. The van der Waals surface area contributed by atoms with Crippen LogP contribution in [0.4, 0.5) is 13.2 Å². The Morgan fingerprint density at radius 2 is 1.09 bits per heavy atom. The summed E-state index contributed by atoms with van der Waals surface area (Å²) in [5, 5.41) is 0. The molecule has 0 bridgehead atoms. The largest absolute Gasteiger partial charge is 0.741 e. The molecule has 0 spiro atoms. The maximum absolute atomic E-state index is 10.7. The Balaban J connectivity index is 0.000000466. The van der Waals surface area contributed by atoms with E-state index in [1.807, 2.05) is 0 Å². The first-order valence-corrected chi connectivity index (χ1v) is 14.2. The van der Waals surface area contributed by atoms with Gasteiger partial charge in [-0.3, -0.25) is 0 Å². The zero-order valence-electron chi connectivity index (χ0n) is 19.7. The smallest absolute Gasteiger partial charge is 0.485 e. The van der Waals surface area contributed by atoms with E-state index in [9.17, 15) is 13.2 Å². The molecule has 3 aromatic rings. The quantitative estimate of drug-likeness (QED) is 0.118. The minimum absolute atomic E-state index is 0.0341. The van der Waals surface area contributed by atoms with E-state index in [0.717, 1.165) is 0 Å². The average Bonchev–Trinajstić information content (AvgIpc) is 2.83. The van der Waals surface area contributed by atoms with Gasteiger partial charge >= 0.3 is 5.51 Å². The summed E-state index contributed by atoms with van der Waals surface area (Å²) in [4.78, 5) is 4.17. The number of halogens is 3. The highest BCUT2D eigenvalue weighted by molar-refractivity contribution is 7.97. The van der Waals surface area contributed by atoms with Gasteiger partial charge in [0.05, 0.1) is 10.9 Å². The van der Waals surface area contributed by atoms with Gasteiger partial charge in [0.25, 0.3) is 0 Å². The van der Waals surface area contributed by atoms with E-state index in [-0.39, 0.29) is 10.9 Å². The van der Waals surface area contributed by atoms with E-state index < -0.39 is 15.6 Å². The van der Waals surface area contributed by atoms with E-state index in [1.165, 1.54) is 65.2 Å². The molecular formula is C27H31F3O3S2. The molecule has 0 radical (unpaired) electrons. The van der Waals surface area contributed by atoms with Crippen LogP contribution in [0.1, 0.15) is 51.0 Å². The molecular weight excluding hydrogens is 493 g/mol. The molecule has 0 aliphatic heterocycles. The number of hydrogen-bond acceptors (Lipinski definition) is 3. The Morgan fingerprint density at radius 3 is 1.51 bits per heavy atom. The highest BCUT2D eigenvalue weighted by Gasteiger charge is 2.37. The third-order valence-electron chi connectivity index (χ3n) is 5.22. The third-order valence-corrected chi connectivity index (χ3v) is 8.02.